The van der Waals surface area contributed by atoms with Gasteiger partial charge in [0.15, 0.2) is 0 Å². The van der Waals surface area contributed by atoms with Crippen LogP contribution in [0.5, 0.6) is 0 Å². The summed E-state index contributed by atoms with van der Waals surface area (Å²) in [5.41, 5.74) is 1.86. The van der Waals surface area contributed by atoms with Crippen LogP contribution in [-0.4, -0.2) is 17.6 Å². The summed E-state index contributed by atoms with van der Waals surface area (Å²) >= 11 is 0. The van der Waals surface area contributed by atoms with E-state index >= 15 is 0 Å². The third-order valence-electron chi connectivity index (χ3n) is 2.30. The minimum Gasteiger partial charge on any atom is -0.465 e. The summed E-state index contributed by atoms with van der Waals surface area (Å²) in [6, 6.07) is 1.83. The van der Waals surface area contributed by atoms with Gasteiger partial charge in [-0.3, -0.25) is 0 Å². The average molecular weight is 165 g/mol. The van der Waals surface area contributed by atoms with Crippen molar-refractivity contribution < 1.29 is 9.53 Å². The van der Waals surface area contributed by atoms with Crippen LogP contribution < -0.4 is 0 Å². The highest BCUT2D eigenvalue weighted by atomic mass is 16.5. The van der Waals surface area contributed by atoms with Crippen LogP contribution in [0.2, 0.25) is 0 Å². The zero-order valence-corrected chi connectivity index (χ0v) is 7.04. The molecular weight excluding hydrogens is 154 g/mol. The predicted octanol–water partition coefficient (Wildman–Crippen LogP) is 1.22. The van der Waals surface area contributed by atoms with Crippen molar-refractivity contribution in [2.45, 2.75) is 19.4 Å². The van der Waals surface area contributed by atoms with Crippen molar-refractivity contribution in [3.63, 3.8) is 0 Å². The Bertz CT molecular complexity index is 314. The van der Waals surface area contributed by atoms with E-state index in [1.165, 1.54) is 7.11 Å². The summed E-state index contributed by atoms with van der Waals surface area (Å²) in [7, 11) is 1.42. The number of carbonyl (C=O) groups is 1. The van der Waals surface area contributed by atoms with Crippen molar-refractivity contribution >= 4 is 5.97 Å². The van der Waals surface area contributed by atoms with Crippen molar-refractivity contribution in [1.29, 1.82) is 0 Å². The number of aromatic nitrogens is 1. The molecule has 0 bridgehead atoms. The highest BCUT2D eigenvalue weighted by Crippen LogP contribution is 2.20. The zero-order chi connectivity index (χ0) is 8.55. The van der Waals surface area contributed by atoms with E-state index in [0.717, 1.165) is 30.6 Å². The van der Waals surface area contributed by atoms with Crippen LogP contribution in [0.4, 0.5) is 0 Å². The van der Waals surface area contributed by atoms with Crippen LogP contribution in [-0.2, 0) is 17.7 Å². The van der Waals surface area contributed by atoms with Gasteiger partial charge in [-0.2, -0.15) is 0 Å². The average Bonchev–Trinajstić information content (AvgIpc) is 2.62. The molecule has 64 valence electrons. The van der Waals surface area contributed by atoms with Crippen LogP contribution in [0.1, 0.15) is 22.5 Å². The molecule has 1 aliphatic rings. The number of hydrogen-bond donors (Lipinski definition) is 0. The highest BCUT2D eigenvalue weighted by Gasteiger charge is 2.19. The number of carbonyl (C=O) groups excluding carboxylic acids is 1. The smallest absolute Gasteiger partial charge is 0.339 e. The summed E-state index contributed by atoms with van der Waals surface area (Å²) in [6.45, 7) is 1.03. The van der Waals surface area contributed by atoms with Crippen molar-refractivity contribution in [2.24, 2.45) is 0 Å². The Kier molecular flexibility index (Phi) is 1.64. The molecule has 2 rings (SSSR count). The monoisotopic (exact) mass is 165 g/mol. The Hall–Kier alpha value is -1.25. The lowest BCUT2D eigenvalue weighted by atomic mass is 10.2. The van der Waals surface area contributed by atoms with Gasteiger partial charge >= 0.3 is 5.97 Å². The first-order valence-corrected chi connectivity index (χ1v) is 4.09. The molecule has 0 radical (unpaired) electrons. The van der Waals surface area contributed by atoms with Crippen LogP contribution in [0.15, 0.2) is 12.3 Å². The van der Waals surface area contributed by atoms with Gasteiger partial charge < -0.3 is 9.30 Å². The first-order chi connectivity index (χ1) is 5.83. The molecule has 0 atom stereocenters. The van der Waals surface area contributed by atoms with E-state index < -0.39 is 0 Å². The fourth-order valence-electron chi connectivity index (χ4n) is 1.71. The third-order valence-corrected chi connectivity index (χ3v) is 2.30. The second-order valence-electron chi connectivity index (χ2n) is 2.96. The van der Waals surface area contributed by atoms with Crippen LogP contribution in [0, 0.1) is 0 Å². The number of hydrogen-bond acceptors (Lipinski definition) is 2. The highest BCUT2D eigenvalue weighted by molar-refractivity contribution is 5.90. The van der Waals surface area contributed by atoms with Gasteiger partial charge in [-0.05, 0) is 18.9 Å². The van der Waals surface area contributed by atoms with Gasteiger partial charge in [0.25, 0.3) is 0 Å². The zero-order valence-electron chi connectivity index (χ0n) is 7.04. The van der Waals surface area contributed by atoms with E-state index in [4.69, 9.17) is 0 Å². The lowest BCUT2D eigenvalue weighted by Crippen LogP contribution is -2.03. The lowest BCUT2D eigenvalue weighted by molar-refractivity contribution is 0.0599. The lowest BCUT2D eigenvalue weighted by Gasteiger charge is -1.98. The fraction of sp³-hybridized carbons (Fsp3) is 0.444. The molecule has 0 aliphatic carbocycles. The second kappa shape index (κ2) is 2.66. The minimum absolute atomic E-state index is 0.217. The van der Waals surface area contributed by atoms with E-state index in [9.17, 15) is 4.79 Å². The Balaban J connectivity index is 2.39. The molecule has 2 heterocycles. The van der Waals surface area contributed by atoms with Crippen molar-refractivity contribution in [3.05, 3.63) is 23.5 Å². The Morgan fingerprint density at radius 1 is 1.67 bits per heavy atom. The van der Waals surface area contributed by atoms with E-state index in [1.807, 2.05) is 12.3 Å². The van der Waals surface area contributed by atoms with Crippen LogP contribution in [0.3, 0.4) is 0 Å². The van der Waals surface area contributed by atoms with E-state index in [-0.39, 0.29) is 5.97 Å². The van der Waals surface area contributed by atoms with Crippen molar-refractivity contribution in [3.8, 4) is 0 Å². The van der Waals surface area contributed by atoms with Gasteiger partial charge in [-0.25, -0.2) is 4.79 Å². The number of aryl methyl sites for hydroxylation is 1. The molecule has 0 fully saturated rings. The molecule has 0 N–H and O–H groups in total. The van der Waals surface area contributed by atoms with Gasteiger partial charge in [0.05, 0.1) is 12.7 Å². The molecule has 3 heteroatoms. The number of fused-ring (bicyclic) bond motifs is 1. The van der Waals surface area contributed by atoms with E-state index in [2.05, 4.69) is 9.30 Å². The topological polar surface area (TPSA) is 31.2 Å². The third kappa shape index (κ3) is 0.932. The molecule has 3 nitrogen and oxygen atoms in total. The molecule has 12 heavy (non-hydrogen) atoms. The van der Waals surface area contributed by atoms with Crippen molar-refractivity contribution in [1.82, 2.24) is 4.57 Å². The molecule has 1 aliphatic heterocycles. The quantitative estimate of drug-likeness (QED) is 0.586. The normalized spacial score (nSPS) is 14.4. The molecule has 0 spiro atoms. The van der Waals surface area contributed by atoms with Crippen molar-refractivity contribution in [2.75, 3.05) is 7.11 Å². The molecule has 0 saturated carbocycles. The van der Waals surface area contributed by atoms with Crippen LogP contribution in [0.25, 0.3) is 0 Å². The first-order valence-electron chi connectivity index (χ1n) is 4.09. The minimum atomic E-state index is -0.217. The summed E-state index contributed by atoms with van der Waals surface area (Å²) < 4.78 is 6.78. The maximum atomic E-state index is 11.2. The number of ether oxygens (including phenoxy) is 1. The molecule has 0 unspecified atom stereocenters. The maximum Gasteiger partial charge on any atom is 0.339 e. The first kappa shape index (κ1) is 7.40. The molecule has 1 aromatic rings. The SMILES string of the molecule is COC(=O)c1ccn2c1CCC2. The van der Waals surface area contributed by atoms with Crippen LogP contribution >= 0.6 is 0 Å². The summed E-state index contributed by atoms with van der Waals surface area (Å²) in [4.78, 5) is 11.2. The van der Waals surface area contributed by atoms with Gasteiger partial charge in [0, 0.05) is 18.4 Å². The Morgan fingerprint density at radius 2 is 2.50 bits per heavy atom. The Labute approximate surface area is 70.9 Å². The summed E-state index contributed by atoms with van der Waals surface area (Å²) in [5.74, 6) is -0.217. The molecular formula is C9H11NO2. The fourth-order valence-corrected chi connectivity index (χ4v) is 1.71. The molecule has 0 amide bonds. The van der Waals surface area contributed by atoms with E-state index in [1.54, 1.807) is 0 Å². The Morgan fingerprint density at radius 3 is 3.25 bits per heavy atom. The largest absolute Gasteiger partial charge is 0.465 e. The number of rotatable bonds is 1. The molecule has 1 aromatic heterocycles. The van der Waals surface area contributed by atoms with E-state index in [0.29, 0.717) is 0 Å². The number of methoxy groups -OCH3 is 1. The second-order valence-corrected chi connectivity index (χ2v) is 2.96. The number of esters is 1. The standard InChI is InChI=1S/C9H11NO2/c1-12-9(11)7-4-6-10-5-2-3-8(7)10/h4,6H,2-3,5H2,1H3. The van der Waals surface area contributed by atoms with Gasteiger partial charge in [0.2, 0.25) is 0 Å². The molecule has 0 saturated heterocycles. The number of nitrogens with zero attached hydrogens (tertiary/aromatic N) is 1. The maximum absolute atomic E-state index is 11.2. The van der Waals surface area contributed by atoms with Gasteiger partial charge in [-0.15, -0.1) is 0 Å². The van der Waals surface area contributed by atoms with Gasteiger partial charge in [-0.1, -0.05) is 0 Å². The summed E-state index contributed by atoms with van der Waals surface area (Å²) in [6.07, 6.45) is 4.09. The van der Waals surface area contributed by atoms with Gasteiger partial charge in [0.1, 0.15) is 0 Å². The summed E-state index contributed by atoms with van der Waals surface area (Å²) in [5, 5.41) is 0. The molecule has 0 aromatic carbocycles. The predicted molar refractivity (Wildman–Crippen MR) is 44.1 cm³/mol.